The van der Waals surface area contributed by atoms with Crippen molar-refractivity contribution in [2.45, 2.75) is 58.6 Å². The molecule has 0 heterocycles. The van der Waals surface area contributed by atoms with Crippen LogP contribution in [0.2, 0.25) is 0 Å². The molecule has 3 N–H and O–H groups in total. The summed E-state index contributed by atoms with van der Waals surface area (Å²) in [6.45, 7) is 9.41. The first-order valence-electron chi connectivity index (χ1n) is 7.63. The number of benzene rings is 1. The van der Waals surface area contributed by atoms with Crippen LogP contribution in [-0.2, 0) is 11.2 Å². The Bertz CT molecular complexity index is 439. The number of hydrogen-bond donors (Lipinski definition) is 2. The Morgan fingerprint density at radius 2 is 2.05 bits per heavy atom. The fourth-order valence-electron chi connectivity index (χ4n) is 3.31. The van der Waals surface area contributed by atoms with Gasteiger partial charge in [0.05, 0.1) is 6.10 Å². The monoisotopic (exact) mass is 276 g/mol. The Labute approximate surface area is 122 Å². The fourth-order valence-corrected chi connectivity index (χ4v) is 3.31. The highest BCUT2D eigenvalue weighted by atomic mass is 16.5. The first-order valence-corrected chi connectivity index (χ1v) is 7.63. The van der Waals surface area contributed by atoms with Crippen molar-refractivity contribution in [2.24, 2.45) is 11.3 Å². The Morgan fingerprint density at radius 1 is 1.35 bits per heavy atom. The second kappa shape index (κ2) is 6.25. The number of nitrogens with two attached hydrogens (primary N) is 1. The molecule has 1 aliphatic rings. The molecule has 3 heteroatoms. The van der Waals surface area contributed by atoms with E-state index < -0.39 is 0 Å². The van der Waals surface area contributed by atoms with Crippen LogP contribution in [0.5, 0.6) is 0 Å². The van der Waals surface area contributed by atoms with Crippen molar-refractivity contribution in [3.05, 3.63) is 35.4 Å². The highest BCUT2D eigenvalue weighted by Gasteiger charge is 2.36. The number of nitrogens with one attached hydrogen (secondary N) is 1. The molecule has 1 aromatic carbocycles. The minimum absolute atomic E-state index is 0.0797. The number of ether oxygens (including phenoxy) is 1. The third kappa shape index (κ3) is 3.22. The average Bonchev–Trinajstić information content (AvgIpc) is 2.37. The molecule has 0 amide bonds. The molecule has 1 aromatic rings. The molecule has 0 aliphatic heterocycles. The summed E-state index contributed by atoms with van der Waals surface area (Å²) in [5.74, 6) is 6.43. The summed E-state index contributed by atoms with van der Waals surface area (Å²) < 4.78 is 5.97. The molecule has 0 bridgehead atoms. The normalized spacial score (nSPS) is 20.9. The molecular formula is C17H28N2O. The SMILES string of the molecule is CCOC(C(CC1Cc2ccccc21)NN)C(C)(C)C. The topological polar surface area (TPSA) is 47.3 Å². The van der Waals surface area contributed by atoms with Gasteiger partial charge in [-0.2, -0.15) is 0 Å². The lowest BCUT2D eigenvalue weighted by molar-refractivity contribution is -0.0392. The van der Waals surface area contributed by atoms with Gasteiger partial charge in [0.25, 0.3) is 0 Å². The van der Waals surface area contributed by atoms with Crippen LogP contribution in [0.4, 0.5) is 0 Å². The first kappa shape index (κ1) is 15.5. The van der Waals surface area contributed by atoms with Gasteiger partial charge < -0.3 is 4.74 Å². The lowest BCUT2D eigenvalue weighted by Crippen LogP contribution is -2.52. The van der Waals surface area contributed by atoms with E-state index in [9.17, 15) is 0 Å². The van der Waals surface area contributed by atoms with Crippen molar-refractivity contribution in [1.29, 1.82) is 0 Å². The van der Waals surface area contributed by atoms with Gasteiger partial charge in [0.15, 0.2) is 0 Å². The smallest absolute Gasteiger partial charge is 0.0789 e. The minimum atomic E-state index is 0.0797. The molecule has 0 saturated heterocycles. The summed E-state index contributed by atoms with van der Waals surface area (Å²) in [6.07, 6.45) is 2.33. The van der Waals surface area contributed by atoms with Crippen molar-refractivity contribution in [2.75, 3.05) is 6.61 Å². The highest BCUT2D eigenvalue weighted by Crippen LogP contribution is 2.39. The third-order valence-electron chi connectivity index (χ3n) is 4.28. The Hall–Kier alpha value is -0.900. The van der Waals surface area contributed by atoms with Crippen LogP contribution in [0.25, 0.3) is 0 Å². The average molecular weight is 276 g/mol. The zero-order chi connectivity index (χ0) is 14.8. The van der Waals surface area contributed by atoms with Crippen LogP contribution in [0.15, 0.2) is 24.3 Å². The van der Waals surface area contributed by atoms with Gasteiger partial charge in [0, 0.05) is 12.6 Å². The quantitative estimate of drug-likeness (QED) is 0.620. The van der Waals surface area contributed by atoms with Gasteiger partial charge in [-0.15, -0.1) is 0 Å². The zero-order valence-corrected chi connectivity index (χ0v) is 13.1. The van der Waals surface area contributed by atoms with Gasteiger partial charge >= 0.3 is 0 Å². The van der Waals surface area contributed by atoms with Crippen LogP contribution >= 0.6 is 0 Å². The maximum Gasteiger partial charge on any atom is 0.0789 e. The predicted octanol–water partition coefficient (Wildman–Crippen LogP) is 3.00. The van der Waals surface area contributed by atoms with Gasteiger partial charge in [-0.1, -0.05) is 45.0 Å². The molecule has 2 rings (SSSR count). The van der Waals surface area contributed by atoms with Crippen molar-refractivity contribution >= 4 is 0 Å². The summed E-state index contributed by atoms with van der Waals surface area (Å²) in [5.41, 5.74) is 6.04. The fraction of sp³-hybridized carbons (Fsp3) is 0.647. The van der Waals surface area contributed by atoms with E-state index in [1.54, 1.807) is 0 Å². The van der Waals surface area contributed by atoms with Crippen LogP contribution in [0, 0.1) is 5.41 Å². The van der Waals surface area contributed by atoms with Gasteiger partial charge in [0.2, 0.25) is 0 Å². The standard InChI is InChI=1S/C17H28N2O/c1-5-20-16(17(2,3)4)15(19-18)11-13-10-12-8-6-7-9-14(12)13/h6-9,13,15-16,19H,5,10-11,18H2,1-4H3. The molecule has 3 atom stereocenters. The van der Waals surface area contributed by atoms with Crippen molar-refractivity contribution in [3.8, 4) is 0 Å². The van der Waals surface area contributed by atoms with E-state index in [0.29, 0.717) is 5.92 Å². The van der Waals surface area contributed by atoms with Crippen molar-refractivity contribution < 1.29 is 4.74 Å². The van der Waals surface area contributed by atoms with Crippen LogP contribution in [0.1, 0.15) is 51.2 Å². The molecule has 0 radical (unpaired) electrons. The molecule has 112 valence electrons. The molecule has 0 aromatic heterocycles. The van der Waals surface area contributed by atoms with Crippen LogP contribution < -0.4 is 11.3 Å². The van der Waals surface area contributed by atoms with Crippen molar-refractivity contribution in [3.63, 3.8) is 0 Å². The Kier molecular flexibility index (Phi) is 4.84. The Morgan fingerprint density at radius 3 is 2.60 bits per heavy atom. The van der Waals surface area contributed by atoms with E-state index in [1.807, 2.05) is 6.92 Å². The first-order chi connectivity index (χ1) is 9.47. The van der Waals surface area contributed by atoms with Gasteiger partial charge in [0.1, 0.15) is 0 Å². The van der Waals surface area contributed by atoms with Gasteiger partial charge in [-0.3, -0.25) is 11.3 Å². The summed E-state index contributed by atoms with van der Waals surface area (Å²) in [4.78, 5) is 0. The van der Waals surface area contributed by atoms with E-state index in [4.69, 9.17) is 10.6 Å². The number of fused-ring (bicyclic) bond motifs is 1. The van der Waals surface area contributed by atoms with E-state index >= 15 is 0 Å². The van der Waals surface area contributed by atoms with E-state index in [-0.39, 0.29) is 17.6 Å². The molecule has 0 saturated carbocycles. The second-order valence-corrected chi connectivity index (χ2v) is 6.85. The summed E-state index contributed by atoms with van der Waals surface area (Å²) in [6, 6.07) is 8.89. The molecule has 3 unspecified atom stereocenters. The molecule has 0 fully saturated rings. The number of rotatable bonds is 6. The predicted molar refractivity (Wildman–Crippen MR) is 83.5 cm³/mol. The molecule has 3 nitrogen and oxygen atoms in total. The molecule has 1 aliphatic carbocycles. The second-order valence-electron chi connectivity index (χ2n) is 6.85. The summed E-state index contributed by atoms with van der Waals surface area (Å²) >= 11 is 0. The van der Waals surface area contributed by atoms with E-state index in [1.165, 1.54) is 11.1 Å². The van der Waals surface area contributed by atoms with Gasteiger partial charge in [-0.25, -0.2) is 0 Å². The third-order valence-corrected chi connectivity index (χ3v) is 4.28. The molecule has 0 spiro atoms. The zero-order valence-electron chi connectivity index (χ0n) is 13.1. The number of hydrazine groups is 1. The largest absolute Gasteiger partial charge is 0.376 e. The summed E-state index contributed by atoms with van der Waals surface area (Å²) in [7, 11) is 0. The van der Waals surface area contributed by atoms with E-state index in [2.05, 4.69) is 50.5 Å². The van der Waals surface area contributed by atoms with Crippen LogP contribution in [0.3, 0.4) is 0 Å². The Balaban J connectivity index is 2.06. The van der Waals surface area contributed by atoms with Gasteiger partial charge in [-0.05, 0) is 42.2 Å². The molecule has 20 heavy (non-hydrogen) atoms. The van der Waals surface area contributed by atoms with Crippen LogP contribution in [-0.4, -0.2) is 18.8 Å². The lowest BCUT2D eigenvalue weighted by Gasteiger charge is -2.40. The van der Waals surface area contributed by atoms with Crippen molar-refractivity contribution in [1.82, 2.24) is 5.43 Å². The minimum Gasteiger partial charge on any atom is -0.376 e. The lowest BCUT2D eigenvalue weighted by atomic mass is 9.72. The maximum absolute atomic E-state index is 5.97. The molecular weight excluding hydrogens is 248 g/mol. The van der Waals surface area contributed by atoms with E-state index in [0.717, 1.165) is 19.4 Å². The summed E-state index contributed by atoms with van der Waals surface area (Å²) in [5, 5.41) is 0. The maximum atomic E-state index is 5.97. The highest BCUT2D eigenvalue weighted by molar-refractivity contribution is 5.40. The number of hydrogen-bond acceptors (Lipinski definition) is 3.